The SMILES string of the molecule is CCCCNC(=O)c1nc(C(=O)Nc2c(C)cccc2C(C)C)n2ccccc12. The van der Waals surface area contributed by atoms with Crippen molar-refractivity contribution in [1.29, 1.82) is 0 Å². The summed E-state index contributed by atoms with van der Waals surface area (Å²) < 4.78 is 1.66. The Balaban J connectivity index is 1.97. The molecule has 152 valence electrons. The van der Waals surface area contributed by atoms with Gasteiger partial charge in [0.1, 0.15) is 0 Å². The number of aromatic nitrogens is 2. The summed E-state index contributed by atoms with van der Waals surface area (Å²) >= 11 is 0. The van der Waals surface area contributed by atoms with Crippen LogP contribution in [0.25, 0.3) is 5.52 Å². The van der Waals surface area contributed by atoms with Crippen LogP contribution in [0.5, 0.6) is 0 Å². The van der Waals surface area contributed by atoms with Gasteiger partial charge in [0.05, 0.1) is 5.52 Å². The van der Waals surface area contributed by atoms with Gasteiger partial charge in [-0.3, -0.25) is 14.0 Å². The second-order valence-electron chi connectivity index (χ2n) is 7.50. The van der Waals surface area contributed by atoms with Crippen LogP contribution in [-0.4, -0.2) is 27.7 Å². The maximum Gasteiger partial charge on any atom is 0.292 e. The lowest BCUT2D eigenvalue weighted by atomic mass is 9.98. The fraction of sp³-hybridized carbons (Fsp3) is 0.348. The van der Waals surface area contributed by atoms with Crippen molar-refractivity contribution >= 4 is 23.0 Å². The Hall–Kier alpha value is -3.15. The Kier molecular flexibility index (Phi) is 6.32. The van der Waals surface area contributed by atoms with E-state index in [0.29, 0.717) is 12.1 Å². The topological polar surface area (TPSA) is 75.5 Å². The van der Waals surface area contributed by atoms with Crippen LogP contribution in [0, 0.1) is 6.92 Å². The van der Waals surface area contributed by atoms with Crippen LogP contribution in [0.1, 0.15) is 71.8 Å². The molecule has 2 aromatic heterocycles. The van der Waals surface area contributed by atoms with Crippen molar-refractivity contribution in [3.05, 3.63) is 65.2 Å². The molecule has 0 spiro atoms. The van der Waals surface area contributed by atoms with Gasteiger partial charge >= 0.3 is 0 Å². The van der Waals surface area contributed by atoms with Crippen LogP contribution in [0.3, 0.4) is 0 Å². The number of para-hydroxylation sites is 1. The molecule has 0 saturated heterocycles. The highest BCUT2D eigenvalue weighted by Gasteiger charge is 2.22. The van der Waals surface area contributed by atoms with E-state index in [4.69, 9.17) is 0 Å². The highest BCUT2D eigenvalue weighted by molar-refractivity contribution is 6.06. The molecule has 2 heterocycles. The maximum absolute atomic E-state index is 13.1. The third kappa shape index (κ3) is 4.31. The second-order valence-corrected chi connectivity index (χ2v) is 7.50. The number of unbranched alkanes of at least 4 members (excludes halogenated alkanes) is 1. The van der Waals surface area contributed by atoms with Gasteiger partial charge in [-0.2, -0.15) is 0 Å². The van der Waals surface area contributed by atoms with Gasteiger partial charge in [-0.25, -0.2) is 4.98 Å². The predicted molar refractivity (Wildman–Crippen MR) is 116 cm³/mol. The van der Waals surface area contributed by atoms with E-state index in [-0.39, 0.29) is 29.3 Å². The molecule has 0 atom stereocenters. The van der Waals surface area contributed by atoms with Gasteiger partial charge in [0.2, 0.25) is 5.82 Å². The monoisotopic (exact) mass is 392 g/mol. The van der Waals surface area contributed by atoms with Crippen LogP contribution in [0.2, 0.25) is 0 Å². The minimum Gasteiger partial charge on any atom is -0.351 e. The molecule has 0 aliphatic heterocycles. The maximum atomic E-state index is 13.1. The molecule has 0 radical (unpaired) electrons. The number of carbonyl (C=O) groups is 2. The lowest BCUT2D eigenvalue weighted by molar-refractivity contribution is 0.0950. The number of benzene rings is 1. The summed E-state index contributed by atoms with van der Waals surface area (Å²) in [7, 11) is 0. The number of carbonyl (C=O) groups excluding carboxylic acids is 2. The highest BCUT2D eigenvalue weighted by atomic mass is 16.2. The van der Waals surface area contributed by atoms with Gasteiger partial charge in [-0.1, -0.05) is 51.5 Å². The summed E-state index contributed by atoms with van der Waals surface area (Å²) in [6, 6.07) is 11.4. The van der Waals surface area contributed by atoms with Crippen LogP contribution < -0.4 is 10.6 Å². The molecular formula is C23H28N4O2. The summed E-state index contributed by atoms with van der Waals surface area (Å²) in [4.78, 5) is 30.1. The molecule has 2 N–H and O–H groups in total. The number of imidazole rings is 1. The number of amides is 2. The standard InChI is InChI=1S/C23H28N4O2/c1-5-6-13-24-22(28)20-18-12-7-8-14-27(18)21(25-20)23(29)26-19-16(4)10-9-11-17(19)15(2)3/h7-12,14-15H,5-6,13H2,1-4H3,(H,24,28)(H,26,29). The normalized spacial score (nSPS) is 11.1. The smallest absolute Gasteiger partial charge is 0.292 e. The van der Waals surface area contributed by atoms with Crippen molar-refractivity contribution in [2.45, 2.75) is 46.5 Å². The molecule has 0 saturated carbocycles. The highest BCUT2D eigenvalue weighted by Crippen LogP contribution is 2.28. The van der Waals surface area contributed by atoms with Crippen molar-refractivity contribution < 1.29 is 9.59 Å². The summed E-state index contributed by atoms with van der Waals surface area (Å²) in [5.41, 5.74) is 3.73. The number of hydrogen-bond acceptors (Lipinski definition) is 3. The van der Waals surface area contributed by atoms with Crippen LogP contribution in [-0.2, 0) is 0 Å². The minimum absolute atomic E-state index is 0.194. The number of rotatable bonds is 7. The van der Waals surface area contributed by atoms with Crippen molar-refractivity contribution in [1.82, 2.24) is 14.7 Å². The quantitative estimate of drug-likeness (QED) is 0.579. The van der Waals surface area contributed by atoms with E-state index in [9.17, 15) is 9.59 Å². The molecule has 1 aromatic carbocycles. The Morgan fingerprint density at radius 1 is 1.10 bits per heavy atom. The second kappa shape index (κ2) is 8.90. The minimum atomic E-state index is -0.338. The van der Waals surface area contributed by atoms with Crippen molar-refractivity contribution in [2.75, 3.05) is 11.9 Å². The molecule has 2 amide bonds. The first kappa shape index (κ1) is 20.6. The van der Waals surface area contributed by atoms with Crippen molar-refractivity contribution in [2.24, 2.45) is 0 Å². The first-order valence-electron chi connectivity index (χ1n) is 10.1. The summed E-state index contributed by atoms with van der Waals surface area (Å²) in [6.07, 6.45) is 3.64. The number of nitrogens with zero attached hydrogens (tertiary/aromatic N) is 2. The predicted octanol–water partition coefficient (Wildman–Crippen LogP) is 4.55. The molecule has 3 rings (SSSR count). The van der Waals surface area contributed by atoms with E-state index in [1.54, 1.807) is 16.7 Å². The van der Waals surface area contributed by atoms with Crippen molar-refractivity contribution in [3.63, 3.8) is 0 Å². The van der Waals surface area contributed by atoms with E-state index in [1.165, 1.54) is 0 Å². The van der Waals surface area contributed by atoms with Gasteiger partial charge in [0, 0.05) is 18.4 Å². The van der Waals surface area contributed by atoms with Crippen LogP contribution >= 0.6 is 0 Å². The number of hydrogen-bond donors (Lipinski definition) is 2. The zero-order valence-electron chi connectivity index (χ0n) is 17.5. The lowest BCUT2D eigenvalue weighted by Crippen LogP contribution is -2.25. The summed E-state index contributed by atoms with van der Waals surface area (Å²) in [5, 5.41) is 5.90. The molecular weight excluding hydrogens is 364 g/mol. The van der Waals surface area contributed by atoms with Gasteiger partial charge < -0.3 is 10.6 Å². The molecule has 0 aliphatic rings. The van der Waals surface area contributed by atoms with E-state index in [1.807, 2.05) is 37.3 Å². The Morgan fingerprint density at radius 2 is 1.90 bits per heavy atom. The Labute approximate surface area is 171 Å². The fourth-order valence-electron chi connectivity index (χ4n) is 3.34. The van der Waals surface area contributed by atoms with Crippen molar-refractivity contribution in [3.8, 4) is 0 Å². The molecule has 3 aromatic rings. The number of aryl methyl sites for hydroxylation is 1. The summed E-state index contributed by atoms with van der Waals surface area (Å²) in [5.74, 6) is -0.142. The molecule has 6 nitrogen and oxygen atoms in total. The molecule has 29 heavy (non-hydrogen) atoms. The lowest BCUT2D eigenvalue weighted by Gasteiger charge is -2.16. The zero-order valence-corrected chi connectivity index (χ0v) is 17.5. The third-order valence-corrected chi connectivity index (χ3v) is 4.95. The van der Waals surface area contributed by atoms with E-state index in [2.05, 4.69) is 36.4 Å². The zero-order chi connectivity index (χ0) is 21.0. The average Bonchev–Trinajstić information content (AvgIpc) is 3.09. The van der Waals surface area contributed by atoms with Gasteiger partial charge in [-0.05, 0) is 42.5 Å². The average molecular weight is 393 g/mol. The van der Waals surface area contributed by atoms with E-state index >= 15 is 0 Å². The first-order chi connectivity index (χ1) is 13.9. The number of nitrogens with one attached hydrogen (secondary N) is 2. The largest absolute Gasteiger partial charge is 0.351 e. The first-order valence-corrected chi connectivity index (χ1v) is 10.1. The van der Waals surface area contributed by atoms with Crippen LogP contribution in [0.15, 0.2) is 42.6 Å². The number of fused-ring (bicyclic) bond motifs is 1. The Morgan fingerprint density at radius 3 is 2.62 bits per heavy atom. The number of anilines is 1. The molecule has 0 fully saturated rings. The van der Waals surface area contributed by atoms with E-state index < -0.39 is 0 Å². The third-order valence-electron chi connectivity index (χ3n) is 4.95. The molecule has 0 aliphatic carbocycles. The van der Waals surface area contributed by atoms with Gasteiger partial charge in [0.15, 0.2) is 5.69 Å². The van der Waals surface area contributed by atoms with Crippen LogP contribution in [0.4, 0.5) is 5.69 Å². The molecule has 6 heteroatoms. The number of pyridine rings is 1. The van der Waals surface area contributed by atoms with Gasteiger partial charge in [0.25, 0.3) is 11.8 Å². The van der Waals surface area contributed by atoms with Gasteiger partial charge in [-0.15, -0.1) is 0 Å². The fourth-order valence-corrected chi connectivity index (χ4v) is 3.34. The van der Waals surface area contributed by atoms with E-state index in [0.717, 1.165) is 29.7 Å². The molecule has 0 unspecified atom stereocenters. The molecule has 0 bridgehead atoms. The Bertz CT molecular complexity index is 1040. The summed E-state index contributed by atoms with van der Waals surface area (Å²) in [6.45, 7) is 8.81.